The van der Waals surface area contributed by atoms with Crippen LogP contribution in [0, 0.1) is 20.8 Å². The minimum atomic E-state index is 0.182. The number of hydrogen-bond donors (Lipinski definition) is 2. The first-order valence-corrected chi connectivity index (χ1v) is 5.50. The lowest BCUT2D eigenvalue weighted by Gasteiger charge is -2.11. The first-order valence-electron chi connectivity index (χ1n) is 5.09. The van der Waals surface area contributed by atoms with Crippen LogP contribution in [0.4, 0.5) is 0 Å². The van der Waals surface area contributed by atoms with Crippen LogP contribution in [0.25, 0.3) is 0 Å². The van der Waals surface area contributed by atoms with E-state index in [4.69, 9.17) is 18.0 Å². The van der Waals surface area contributed by atoms with E-state index in [9.17, 15) is 0 Å². The van der Waals surface area contributed by atoms with Gasteiger partial charge in [-0.05, 0) is 51.0 Å². The minimum Gasteiger partial charge on any atom is -0.375 e. The zero-order valence-corrected chi connectivity index (χ0v) is 10.9. The molecule has 16 heavy (non-hydrogen) atoms. The van der Waals surface area contributed by atoms with Gasteiger partial charge in [0.25, 0.3) is 0 Å². The Balaban J connectivity index is 3.13. The smallest absolute Gasteiger partial charge is 0.184 e. The molecule has 0 aromatic heterocycles. The van der Waals surface area contributed by atoms with E-state index >= 15 is 0 Å². The van der Waals surface area contributed by atoms with Gasteiger partial charge in [-0.2, -0.15) is 5.10 Å². The summed E-state index contributed by atoms with van der Waals surface area (Å²) in [5, 5.41) is 4.33. The number of thiocarbonyl (C=S) groups is 1. The normalized spacial score (nSPS) is 11.4. The van der Waals surface area contributed by atoms with Gasteiger partial charge in [-0.3, -0.25) is 5.43 Å². The summed E-state index contributed by atoms with van der Waals surface area (Å²) in [5.41, 5.74) is 13.7. The van der Waals surface area contributed by atoms with E-state index in [0.29, 0.717) is 0 Å². The molecule has 0 fully saturated rings. The molecule has 0 unspecified atom stereocenters. The van der Waals surface area contributed by atoms with Crippen LogP contribution in [0.15, 0.2) is 17.2 Å². The molecule has 0 amide bonds. The Morgan fingerprint density at radius 2 is 1.75 bits per heavy atom. The fourth-order valence-corrected chi connectivity index (χ4v) is 1.99. The van der Waals surface area contributed by atoms with Gasteiger partial charge < -0.3 is 5.73 Å². The lowest BCUT2D eigenvalue weighted by Crippen LogP contribution is -2.25. The van der Waals surface area contributed by atoms with Crippen LogP contribution in [0.5, 0.6) is 0 Å². The molecule has 0 atom stereocenters. The third kappa shape index (κ3) is 3.03. The van der Waals surface area contributed by atoms with E-state index < -0.39 is 0 Å². The summed E-state index contributed by atoms with van der Waals surface area (Å²) >= 11 is 4.71. The maximum absolute atomic E-state index is 5.33. The summed E-state index contributed by atoms with van der Waals surface area (Å²) in [7, 11) is 0. The van der Waals surface area contributed by atoms with Gasteiger partial charge in [-0.25, -0.2) is 0 Å². The highest BCUT2D eigenvalue weighted by Gasteiger charge is 2.06. The predicted molar refractivity (Wildman–Crippen MR) is 72.8 cm³/mol. The van der Waals surface area contributed by atoms with Gasteiger partial charge in [0.2, 0.25) is 0 Å². The Morgan fingerprint density at radius 3 is 2.19 bits per heavy atom. The Labute approximate surface area is 102 Å². The van der Waals surface area contributed by atoms with Crippen molar-refractivity contribution in [1.82, 2.24) is 5.43 Å². The quantitative estimate of drug-likeness (QED) is 0.469. The lowest BCUT2D eigenvalue weighted by atomic mass is 9.97. The van der Waals surface area contributed by atoms with Gasteiger partial charge in [-0.1, -0.05) is 17.7 Å². The van der Waals surface area contributed by atoms with E-state index in [0.717, 1.165) is 11.3 Å². The van der Waals surface area contributed by atoms with Gasteiger partial charge in [0.1, 0.15) is 0 Å². The van der Waals surface area contributed by atoms with Crippen molar-refractivity contribution in [2.24, 2.45) is 10.8 Å². The number of hydrazone groups is 1. The summed E-state index contributed by atoms with van der Waals surface area (Å²) in [6, 6.07) is 4.28. The molecule has 0 aliphatic rings. The van der Waals surface area contributed by atoms with Crippen molar-refractivity contribution in [1.29, 1.82) is 0 Å². The molecule has 0 spiro atoms. The molecule has 0 aliphatic heterocycles. The molecule has 0 radical (unpaired) electrons. The summed E-state index contributed by atoms with van der Waals surface area (Å²) in [5.74, 6) is 0. The molecule has 0 saturated heterocycles. The molecular weight excluding hydrogens is 218 g/mol. The van der Waals surface area contributed by atoms with Crippen molar-refractivity contribution in [3.63, 3.8) is 0 Å². The average Bonchev–Trinajstić information content (AvgIpc) is 2.12. The molecule has 0 aliphatic carbocycles. The molecule has 0 bridgehead atoms. The van der Waals surface area contributed by atoms with E-state index in [1.54, 1.807) is 0 Å². The fraction of sp³-hybridized carbons (Fsp3) is 0.333. The lowest BCUT2D eigenvalue weighted by molar-refractivity contribution is 1.03. The van der Waals surface area contributed by atoms with Gasteiger partial charge in [0.05, 0.1) is 5.71 Å². The minimum absolute atomic E-state index is 0.182. The summed E-state index contributed by atoms with van der Waals surface area (Å²) in [6.45, 7) is 8.18. The maximum atomic E-state index is 5.33. The molecule has 1 rings (SSSR count). The topological polar surface area (TPSA) is 50.4 Å². The van der Waals surface area contributed by atoms with Crippen LogP contribution in [0.2, 0.25) is 0 Å². The molecule has 1 aromatic rings. The van der Waals surface area contributed by atoms with Crippen molar-refractivity contribution in [3.8, 4) is 0 Å². The maximum Gasteiger partial charge on any atom is 0.184 e. The predicted octanol–water partition coefficient (Wildman–Crippen LogP) is 2.17. The number of nitrogens with one attached hydrogen (secondary N) is 1. The van der Waals surface area contributed by atoms with Gasteiger partial charge in [0.15, 0.2) is 5.11 Å². The second-order valence-corrected chi connectivity index (χ2v) is 4.39. The molecule has 3 nitrogen and oxygen atoms in total. The van der Waals surface area contributed by atoms with Crippen LogP contribution >= 0.6 is 12.2 Å². The highest BCUT2D eigenvalue weighted by molar-refractivity contribution is 7.80. The summed E-state index contributed by atoms with van der Waals surface area (Å²) < 4.78 is 0. The largest absolute Gasteiger partial charge is 0.375 e. The van der Waals surface area contributed by atoms with E-state index in [-0.39, 0.29) is 5.11 Å². The Hall–Kier alpha value is -1.42. The van der Waals surface area contributed by atoms with Gasteiger partial charge in [0, 0.05) is 5.56 Å². The molecular formula is C12H17N3S. The van der Waals surface area contributed by atoms with Crippen molar-refractivity contribution < 1.29 is 0 Å². The zero-order valence-electron chi connectivity index (χ0n) is 10.1. The highest BCUT2D eigenvalue weighted by atomic mass is 32.1. The van der Waals surface area contributed by atoms with Crippen LogP contribution in [0.1, 0.15) is 29.2 Å². The van der Waals surface area contributed by atoms with Crippen molar-refractivity contribution in [2.75, 3.05) is 0 Å². The molecule has 0 heterocycles. The number of nitrogens with zero attached hydrogens (tertiary/aromatic N) is 1. The Kier molecular flexibility index (Phi) is 4.01. The summed E-state index contributed by atoms with van der Waals surface area (Å²) in [6.07, 6.45) is 0. The van der Waals surface area contributed by atoms with Crippen LogP contribution in [-0.4, -0.2) is 10.8 Å². The monoisotopic (exact) mass is 235 g/mol. The number of rotatable bonds is 2. The molecule has 3 N–H and O–H groups in total. The Morgan fingerprint density at radius 1 is 1.25 bits per heavy atom. The molecule has 1 aromatic carbocycles. The van der Waals surface area contributed by atoms with Crippen LogP contribution in [0.3, 0.4) is 0 Å². The van der Waals surface area contributed by atoms with E-state index in [1.807, 2.05) is 6.92 Å². The van der Waals surface area contributed by atoms with Crippen molar-refractivity contribution >= 4 is 23.0 Å². The standard InChI is InChI=1S/C12H17N3S/c1-7-5-8(2)11(9(3)6-7)10(4)14-15-12(13)16/h5-6H,1-4H3,(H3,13,15,16). The molecule has 86 valence electrons. The number of hydrogen-bond acceptors (Lipinski definition) is 2. The first kappa shape index (κ1) is 12.6. The highest BCUT2D eigenvalue weighted by Crippen LogP contribution is 2.17. The zero-order chi connectivity index (χ0) is 12.3. The number of benzene rings is 1. The second kappa shape index (κ2) is 5.07. The van der Waals surface area contributed by atoms with E-state index in [2.05, 4.69) is 43.4 Å². The second-order valence-electron chi connectivity index (χ2n) is 3.95. The van der Waals surface area contributed by atoms with Gasteiger partial charge >= 0.3 is 0 Å². The van der Waals surface area contributed by atoms with Crippen molar-refractivity contribution in [2.45, 2.75) is 27.7 Å². The SMILES string of the molecule is CC(=NNC(N)=S)c1c(C)cc(C)cc1C. The average molecular weight is 235 g/mol. The fourth-order valence-electron chi connectivity index (χ4n) is 1.95. The first-order chi connectivity index (χ1) is 7.41. The Bertz CT molecular complexity index is 427. The number of nitrogens with two attached hydrogens (primary N) is 1. The third-order valence-electron chi connectivity index (χ3n) is 2.37. The third-order valence-corrected chi connectivity index (χ3v) is 2.46. The van der Waals surface area contributed by atoms with Crippen LogP contribution < -0.4 is 11.2 Å². The van der Waals surface area contributed by atoms with E-state index in [1.165, 1.54) is 16.7 Å². The van der Waals surface area contributed by atoms with Gasteiger partial charge in [-0.15, -0.1) is 0 Å². The molecule has 0 saturated carbocycles. The van der Waals surface area contributed by atoms with Crippen molar-refractivity contribution in [3.05, 3.63) is 34.4 Å². The molecule has 4 heteroatoms. The number of aryl methyl sites for hydroxylation is 3. The van der Waals surface area contributed by atoms with Crippen LogP contribution in [-0.2, 0) is 0 Å². The summed E-state index contributed by atoms with van der Waals surface area (Å²) in [4.78, 5) is 0.